The second-order valence-electron chi connectivity index (χ2n) is 3.98. The molecule has 0 aliphatic rings. The van der Waals surface area contributed by atoms with Crippen molar-refractivity contribution in [2.45, 2.75) is 32.1 Å². The van der Waals surface area contributed by atoms with E-state index in [4.69, 9.17) is 9.84 Å². The predicted molar refractivity (Wildman–Crippen MR) is 62.9 cm³/mol. The maximum Gasteiger partial charge on any atom is 0.303 e. The number of aliphatic carboxylic acids is 1. The van der Waals surface area contributed by atoms with Gasteiger partial charge in [-0.25, -0.2) is 4.39 Å². The number of ether oxygens (including phenoxy) is 1. The molecule has 1 atom stereocenters. The van der Waals surface area contributed by atoms with Crippen molar-refractivity contribution in [3.63, 3.8) is 0 Å². The highest BCUT2D eigenvalue weighted by atomic mass is 19.1. The van der Waals surface area contributed by atoms with Gasteiger partial charge in [0.2, 0.25) is 0 Å². The quantitative estimate of drug-likeness (QED) is 0.830. The zero-order valence-corrected chi connectivity index (χ0v) is 10.1. The molecule has 0 fully saturated rings. The van der Waals surface area contributed by atoms with Gasteiger partial charge in [0.1, 0.15) is 0 Å². The molecule has 1 aromatic rings. The summed E-state index contributed by atoms with van der Waals surface area (Å²) in [6.45, 7) is 1.98. The number of hydrogen-bond acceptors (Lipinski definition) is 2. The highest BCUT2D eigenvalue weighted by Crippen LogP contribution is 2.28. The lowest BCUT2D eigenvalue weighted by molar-refractivity contribution is -0.137. The van der Waals surface area contributed by atoms with Gasteiger partial charge in [0.05, 0.1) is 13.5 Å². The van der Waals surface area contributed by atoms with Crippen LogP contribution in [0, 0.1) is 5.82 Å². The van der Waals surface area contributed by atoms with Gasteiger partial charge in [0.25, 0.3) is 0 Å². The standard InChI is InChI=1S/C13H17FO3/c1-3-4-9(8-13(15)16)10-5-6-12(17-2)11(14)7-10/h5-7,9H,3-4,8H2,1-2H3,(H,15,16). The maximum absolute atomic E-state index is 13.5. The summed E-state index contributed by atoms with van der Waals surface area (Å²) in [5.74, 6) is -1.27. The zero-order chi connectivity index (χ0) is 12.8. The molecule has 1 aromatic carbocycles. The first-order chi connectivity index (χ1) is 8.08. The first-order valence-electron chi connectivity index (χ1n) is 5.63. The number of methoxy groups -OCH3 is 1. The molecule has 1 N–H and O–H groups in total. The number of carboxylic acid groups (broad SMARTS) is 1. The molecule has 0 bridgehead atoms. The second kappa shape index (κ2) is 6.23. The van der Waals surface area contributed by atoms with Gasteiger partial charge in [0, 0.05) is 0 Å². The minimum absolute atomic E-state index is 0.0274. The third-order valence-corrected chi connectivity index (χ3v) is 2.71. The summed E-state index contributed by atoms with van der Waals surface area (Å²) < 4.78 is 18.3. The number of carbonyl (C=O) groups is 1. The molecule has 4 heteroatoms. The molecule has 94 valence electrons. The van der Waals surface area contributed by atoms with Crippen LogP contribution in [0.25, 0.3) is 0 Å². The average Bonchev–Trinajstić information content (AvgIpc) is 2.28. The Morgan fingerprint density at radius 2 is 2.24 bits per heavy atom. The van der Waals surface area contributed by atoms with E-state index in [0.29, 0.717) is 5.56 Å². The van der Waals surface area contributed by atoms with E-state index in [9.17, 15) is 9.18 Å². The molecule has 0 spiro atoms. The van der Waals surface area contributed by atoms with Crippen molar-refractivity contribution in [2.75, 3.05) is 7.11 Å². The first-order valence-corrected chi connectivity index (χ1v) is 5.63. The number of hydrogen-bond donors (Lipinski definition) is 1. The van der Waals surface area contributed by atoms with Gasteiger partial charge in [-0.1, -0.05) is 19.4 Å². The lowest BCUT2D eigenvalue weighted by Gasteiger charge is -2.15. The number of rotatable bonds is 6. The fourth-order valence-electron chi connectivity index (χ4n) is 1.88. The van der Waals surface area contributed by atoms with Crippen molar-refractivity contribution < 1.29 is 19.0 Å². The van der Waals surface area contributed by atoms with Crippen LogP contribution < -0.4 is 4.74 Å². The lowest BCUT2D eigenvalue weighted by atomic mass is 9.91. The van der Waals surface area contributed by atoms with E-state index >= 15 is 0 Å². The molecule has 0 amide bonds. The number of halogens is 1. The lowest BCUT2D eigenvalue weighted by Crippen LogP contribution is -2.06. The molecule has 1 rings (SSSR count). The molecule has 0 radical (unpaired) electrons. The molecular weight excluding hydrogens is 223 g/mol. The minimum atomic E-state index is -0.861. The van der Waals surface area contributed by atoms with E-state index < -0.39 is 11.8 Å². The van der Waals surface area contributed by atoms with E-state index in [-0.39, 0.29) is 18.1 Å². The van der Waals surface area contributed by atoms with Crippen LogP contribution >= 0.6 is 0 Å². The number of carboxylic acids is 1. The Hall–Kier alpha value is -1.58. The summed E-state index contributed by atoms with van der Waals surface area (Å²) in [6, 6.07) is 4.63. The molecule has 0 saturated carbocycles. The van der Waals surface area contributed by atoms with Crippen LogP contribution in [0.3, 0.4) is 0 Å². The molecule has 3 nitrogen and oxygen atoms in total. The minimum Gasteiger partial charge on any atom is -0.494 e. The Bertz CT molecular complexity index is 390. The Morgan fingerprint density at radius 3 is 2.71 bits per heavy atom. The largest absolute Gasteiger partial charge is 0.494 e. The highest BCUT2D eigenvalue weighted by molar-refractivity contribution is 5.68. The van der Waals surface area contributed by atoms with Gasteiger partial charge >= 0.3 is 5.97 Å². The maximum atomic E-state index is 13.5. The van der Waals surface area contributed by atoms with Crippen molar-refractivity contribution >= 4 is 5.97 Å². The fraction of sp³-hybridized carbons (Fsp3) is 0.462. The van der Waals surface area contributed by atoms with Gasteiger partial charge in [-0.15, -0.1) is 0 Å². The molecular formula is C13H17FO3. The smallest absolute Gasteiger partial charge is 0.303 e. The van der Waals surface area contributed by atoms with Gasteiger partial charge in [-0.2, -0.15) is 0 Å². The SMILES string of the molecule is CCCC(CC(=O)O)c1ccc(OC)c(F)c1. The van der Waals surface area contributed by atoms with Crippen molar-refractivity contribution in [2.24, 2.45) is 0 Å². The van der Waals surface area contributed by atoms with E-state index in [1.807, 2.05) is 6.92 Å². The van der Waals surface area contributed by atoms with Crippen LogP contribution in [-0.4, -0.2) is 18.2 Å². The average molecular weight is 240 g/mol. The normalized spacial score (nSPS) is 12.2. The van der Waals surface area contributed by atoms with Crippen molar-refractivity contribution in [1.82, 2.24) is 0 Å². The second-order valence-corrected chi connectivity index (χ2v) is 3.98. The molecule has 0 saturated heterocycles. The Kier molecular flexibility index (Phi) is 4.94. The predicted octanol–water partition coefficient (Wildman–Crippen LogP) is 3.19. The summed E-state index contributed by atoms with van der Waals surface area (Å²) in [4.78, 5) is 10.7. The van der Waals surface area contributed by atoms with Gasteiger partial charge < -0.3 is 9.84 Å². The molecule has 0 heterocycles. The van der Waals surface area contributed by atoms with Crippen molar-refractivity contribution in [1.29, 1.82) is 0 Å². The highest BCUT2D eigenvalue weighted by Gasteiger charge is 2.16. The van der Waals surface area contributed by atoms with Crippen LogP contribution in [0.2, 0.25) is 0 Å². The Balaban J connectivity index is 2.93. The van der Waals surface area contributed by atoms with Gasteiger partial charge in [-0.3, -0.25) is 4.79 Å². The van der Waals surface area contributed by atoms with E-state index in [2.05, 4.69) is 0 Å². The summed E-state index contributed by atoms with van der Waals surface area (Å²) in [7, 11) is 1.40. The van der Waals surface area contributed by atoms with E-state index in [1.165, 1.54) is 19.2 Å². The fourth-order valence-corrected chi connectivity index (χ4v) is 1.88. The van der Waals surface area contributed by atoms with Crippen molar-refractivity contribution in [3.8, 4) is 5.75 Å². The van der Waals surface area contributed by atoms with Crippen LogP contribution in [0.5, 0.6) is 5.75 Å². The van der Waals surface area contributed by atoms with Crippen LogP contribution in [0.4, 0.5) is 4.39 Å². The van der Waals surface area contributed by atoms with Crippen LogP contribution in [-0.2, 0) is 4.79 Å². The van der Waals surface area contributed by atoms with E-state index in [0.717, 1.165) is 12.8 Å². The van der Waals surface area contributed by atoms with Crippen LogP contribution in [0.1, 0.15) is 37.7 Å². The topological polar surface area (TPSA) is 46.5 Å². The summed E-state index contributed by atoms with van der Waals surface area (Å²) >= 11 is 0. The third kappa shape index (κ3) is 3.73. The van der Waals surface area contributed by atoms with Crippen LogP contribution in [0.15, 0.2) is 18.2 Å². The molecule has 0 aliphatic heterocycles. The summed E-state index contributed by atoms with van der Waals surface area (Å²) in [5, 5.41) is 8.82. The molecule has 0 aliphatic carbocycles. The Morgan fingerprint density at radius 1 is 1.53 bits per heavy atom. The molecule has 17 heavy (non-hydrogen) atoms. The molecule has 0 aromatic heterocycles. The third-order valence-electron chi connectivity index (χ3n) is 2.71. The summed E-state index contributed by atoms with van der Waals surface area (Å²) in [6.07, 6.45) is 1.63. The zero-order valence-electron chi connectivity index (χ0n) is 10.1. The van der Waals surface area contributed by atoms with E-state index in [1.54, 1.807) is 6.07 Å². The molecule has 1 unspecified atom stereocenters. The van der Waals surface area contributed by atoms with Gasteiger partial charge in [0.15, 0.2) is 11.6 Å². The van der Waals surface area contributed by atoms with Gasteiger partial charge in [-0.05, 0) is 30.0 Å². The number of benzene rings is 1. The summed E-state index contributed by atoms with van der Waals surface area (Å²) in [5.41, 5.74) is 0.715. The monoisotopic (exact) mass is 240 g/mol. The first kappa shape index (κ1) is 13.5. The Labute approximate surface area is 100 Å². The van der Waals surface area contributed by atoms with Crippen molar-refractivity contribution in [3.05, 3.63) is 29.6 Å².